The highest BCUT2D eigenvalue weighted by atomic mass is 32.2. The van der Waals surface area contributed by atoms with Gasteiger partial charge in [0, 0.05) is 18.7 Å². The van der Waals surface area contributed by atoms with E-state index in [0.717, 1.165) is 36.8 Å². The van der Waals surface area contributed by atoms with Gasteiger partial charge in [0.1, 0.15) is 17.5 Å². The van der Waals surface area contributed by atoms with Crippen molar-refractivity contribution in [2.24, 2.45) is 0 Å². The van der Waals surface area contributed by atoms with E-state index < -0.39 is 0 Å². The number of aromatic nitrogens is 2. The molecule has 19 heavy (non-hydrogen) atoms. The van der Waals surface area contributed by atoms with Gasteiger partial charge in [0.2, 0.25) is 0 Å². The average Bonchev–Trinajstić information content (AvgIpc) is 2.36. The Balaban J connectivity index is 2.54. The Hall–Kier alpha value is -0.970. The van der Waals surface area contributed by atoms with Crippen molar-refractivity contribution < 1.29 is 0 Å². The first-order chi connectivity index (χ1) is 9.15. The molecule has 1 unspecified atom stereocenters. The first-order valence-corrected chi connectivity index (χ1v) is 8.25. The molecule has 1 rings (SSSR count). The summed E-state index contributed by atoms with van der Waals surface area (Å²) in [5.41, 5.74) is 0. The molecule has 0 aromatic carbocycles. The van der Waals surface area contributed by atoms with Crippen LogP contribution in [0.3, 0.4) is 0 Å². The van der Waals surface area contributed by atoms with E-state index in [1.165, 1.54) is 11.5 Å². The monoisotopic (exact) mass is 282 g/mol. The molecular weight excluding hydrogens is 256 g/mol. The van der Waals surface area contributed by atoms with Crippen molar-refractivity contribution in [1.29, 1.82) is 0 Å². The van der Waals surface area contributed by atoms with E-state index in [1.54, 1.807) is 0 Å². The van der Waals surface area contributed by atoms with E-state index >= 15 is 0 Å². The Morgan fingerprint density at radius 3 is 2.68 bits per heavy atom. The molecule has 0 radical (unpaired) electrons. The molecule has 5 heteroatoms. The summed E-state index contributed by atoms with van der Waals surface area (Å²) in [6.45, 7) is 9.42. The van der Waals surface area contributed by atoms with Crippen molar-refractivity contribution in [3.63, 3.8) is 0 Å². The second-order valence-electron chi connectivity index (χ2n) is 4.64. The average molecular weight is 282 g/mol. The van der Waals surface area contributed by atoms with Crippen molar-refractivity contribution in [2.75, 3.05) is 28.7 Å². The molecule has 1 heterocycles. The number of rotatable bonds is 9. The largest absolute Gasteiger partial charge is 0.370 e. The van der Waals surface area contributed by atoms with Crippen molar-refractivity contribution in [3.8, 4) is 0 Å². The molecule has 1 aromatic rings. The third-order valence-electron chi connectivity index (χ3n) is 2.69. The topological polar surface area (TPSA) is 49.8 Å². The Bertz CT molecular complexity index is 370. The van der Waals surface area contributed by atoms with E-state index in [0.29, 0.717) is 6.04 Å². The van der Waals surface area contributed by atoms with Crippen LogP contribution in [0, 0.1) is 6.92 Å². The van der Waals surface area contributed by atoms with E-state index in [9.17, 15) is 0 Å². The molecule has 0 aliphatic heterocycles. The van der Waals surface area contributed by atoms with E-state index in [4.69, 9.17) is 0 Å². The van der Waals surface area contributed by atoms with Crippen LogP contribution in [0.25, 0.3) is 0 Å². The van der Waals surface area contributed by atoms with Gasteiger partial charge in [-0.2, -0.15) is 11.8 Å². The zero-order chi connectivity index (χ0) is 14.1. The fourth-order valence-electron chi connectivity index (χ4n) is 1.71. The van der Waals surface area contributed by atoms with Crippen LogP contribution < -0.4 is 10.6 Å². The summed E-state index contributed by atoms with van der Waals surface area (Å²) in [7, 11) is 0. The molecule has 1 aromatic heterocycles. The van der Waals surface area contributed by atoms with Crippen molar-refractivity contribution in [1.82, 2.24) is 9.97 Å². The SMILES string of the molecule is CCCNc1cc(NC(C)CCSCC)nc(C)n1. The van der Waals surface area contributed by atoms with E-state index in [2.05, 4.69) is 41.4 Å². The standard InChI is InChI=1S/C14H26N4S/c1-5-8-15-13-10-14(18-12(4)17-13)16-11(3)7-9-19-6-2/h10-11H,5-9H2,1-4H3,(H2,15,16,17,18). The Labute approximate surface area is 121 Å². The summed E-state index contributed by atoms with van der Waals surface area (Å²) in [5, 5.41) is 6.76. The number of anilines is 2. The molecule has 0 spiro atoms. The highest BCUT2D eigenvalue weighted by molar-refractivity contribution is 7.99. The maximum Gasteiger partial charge on any atom is 0.132 e. The molecule has 0 amide bonds. The van der Waals surface area contributed by atoms with E-state index in [1.807, 2.05) is 24.8 Å². The lowest BCUT2D eigenvalue weighted by molar-refractivity contribution is 0.764. The Kier molecular flexibility index (Phi) is 7.63. The van der Waals surface area contributed by atoms with Crippen LogP contribution in [-0.2, 0) is 0 Å². The highest BCUT2D eigenvalue weighted by Gasteiger charge is 2.05. The summed E-state index contributed by atoms with van der Waals surface area (Å²) < 4.78 is 0. The second kappa shape index (κ2) is 9.02. The molecule has 4 nitrogen and oxygen atoms in total. The Morgan fingerprint density at radius 1 is 1.26 bits per heavy atom. The third kappa shape index (κ3) is 6.66. The van der Waals surface area contributed by atoms with Crippen LogP contribution in [0.4, 0.5) is 11.6 Å². The van der Waals surface area contributed by atoms with Crippen molar-refractivity contribution in [3.05, 3.63) is 11.9 Å². The summed E-state index contributed by atoms with van der Waals surface area (Å²) >= 11 is 1.98. The van der Waals surface area contributed by atoms with Gasteiger partial charge >= 0.3 is 0 Å². The molecule has 1 atom stereocenters. The van der Waals surface area contributed by atoms with Crippen molar-refractivity contribution in [2.45, 2.75) is 46.6 Å². The first kappa shape index (κ1) is 16.1. The number of nitrogens with zero attached hydrogens (tertiary/aromatic N) is 2. The van der Waals surface area contributed by atoms with Crippen molar-refractivity contribution >= 4 is 23.4 Å². The van der Waals surface area contributed by atoms with Gasteiger partial charge < -0.3 is 10.6 Å². The normalized spacial score (nSPS) is 12.2. The lowest BCUT2D eigenvalue weighted by Gasteiger charge is -2.15. The van der Waals surface area contributed by atoms with Crippen LogP contribution >= 0.6 is 11.8 Å². The van der Waals surface area contributed by atoms with Gasteiger partial charge in [0.05, 0.1) is 0 Å². The first-order valence-electron chi connectivity index (χ1n) is 7.09. The molecule has 0 saturated heterocycles. The number of hydrogen-bond donors (Lipinski definition) is 2. The van der Waals surface area contributed by atoms with Crippen LogP contribution in [0.2, 0.25) is 0 Å². The predicted octanol–water partition coefficient (Wildman–Crippen LogP) is 3.55. The van der Waals surface area contributed by atoms with Gasteiger partial charge in [-0.3, -0.25) is 0 Å². The minimum atomic E-state index is 0.437. The molecule has 0 aliphatic carbocycles. The van der Waals surface area contributed by atoms with E-state index in [-0.39, 0.29) is 0 Å². The molecule has 0 saturated carbocycles. The zero-order valence-electron chi connectivity index (χ0n) is 12.5. The summed E-state index contributed by atoms with van der Waals surface area (Å²) in [6, 6.07) is 2.43. The maximum atomic E-state index is 4.44. The summed E-state index contributed by atoms with van der Waals surface area (Å²) in [5.74, 6) is 5.01. The number of aryl methyl sites for hydroxylation is 1. The van der Waals surface area contributed by atoms with Crippen LogP contribution in [0.1, 0.15) is 39.4 Å². The van der Waals surface area contributed by atoms with Crippen LogP contribution in [-0.4, -0.2) is 34.1 Å². The minimum Gasteiger partial charge on any atom is -0.370 e. The highest BCUT2D eigenvalue weighted by Crippen LogP contribution is 2.14. The second-order valence-corrected chi connectivity index (χ2v) is 6.04. The van der Waals surface area contributed by atoms with Gasteiger partial charge in [-0.1, -0.05) is 13.8 Å². The van der Waals surface area contributed by atoms with Crippen LogP contribution in [0.5, 0.6) is 0 Å². The van der Waals surface area contributed by atoms with Gasteiger partial charge in [0.15, 0.2) is 0 Å². The molecule has 108 valence electrons. The van der Waals surface area contributed by atoms with Gasteiger partial charge in [-0.25, -0.2) is 9.97 Å². The lowest BCUT2D eigenvalue weighted by Crippen LogP contribution is -2.18. The van der Waals surface area contributed by atoms with Gasteiger partial charge in [-0.05, 0) is 38.2 Å². The van der Waals surface area contributed by atoms with Gasteiger partial charge in [-0.15, -0.1) is 0 Å². The molecule has 0 bridgehead atoms. The number of nitrogens with one attached hydrogen (secondary N) is 2. The molecule has 0 fully saturated rings. The minimum absolute atomic E-state index is 0.437. The lowest BCUT2D eigenvalue weighted by atomic mass is 10.2. The predicted molar refractivity (Wildman–Crippen MR) is 86.3 cm³/mol. The smallest absolute Gasteiger partial charge is 0.132 e. The maximum absolute atomic E-state index is 4.44. The van der Waals surface area contributed by atoms with Gasteiger partial charge in [0.25, 0.3) is 0 Å². The molecular formula is C14H26N4S. The fraction of sp³-hybridized carbons (Fsp3) is 0.714. The molecule has 0 aliphatic rings. The quantitative estimate of drug-likeness (QED) is 0.678. The fourth-order valence-corrected chi connectivity index (χ4v) is 2.52. The third-order valence-corrected chi connectivity index (χ3v) is 3.62. The number of hydrogen-bond acceptors (Lipinski definition) is 5. The molecule has 2 N–H and O–H groups in total. The summed E-state index contributed by atoms with van der Waals surface area (Å²) in [6.07, 6.45) is 2.25. The number of thioether (sulfide) groups is 1. The summed E-state index contributed by atoms with van der Waals surface area (Å²) in [4.78, 5) is 8.83. The van der Waals surface area contributed by atoms with Crippen LogP contribution in [0.15, 0.2) is 6.07 Å². The zero-order valence-corrected chi connectivity index (χ0v) is 13.3. The Morgan fingerprint density at radius 2 is 2.00 bits per heavy atom.